The van der Waals surface area contributed by atoms with Crippen LogP contribution in [0.2, 0.25) is 0 Å². The van der Waals surface area contributed by atoms with E-state index in [0.717, 1.165) is 31.4 Å². The SMILES string of the molecule is CC(=O)SCCC1CCCCN1C(=O)O. The molecule has 4 nitrogen and oxygen atoms in total. The number of amides is 1. The summed E-state index contributed by atoms with van der Waals surface area (Å²) in [6.45, 7) is 2.19. The van der Waals surface area contributed by atoms with Gasteiger partial charge in [0.25, 0.3) is 0 Å². The first-order chi connectivity index (χ1) is 7.11. The molecule has 86 valence electrons. The molecule has 1 saturated heterocycles. The van der Waals surface area contributed by atoms with Crippen LogP contribution in [0.4, 0.5) is 4.79 Å². The van der Waals surface area contributed by atoms with Crippen LogP contribution in [0.1, 0.15) is 32.6 Å². The molecule has 5 heteroatoms. The molecule has 0 spiro atoms. The summed E-state index contributed by atoms with van der Waals surface area (Å²) in [6, 6.07) is 0.114. The van der Waals surface area contributed by atoms with Gasteiger partial charge in [0, 0.05) is 25.3 Å². The Balaban J connectivity index is 2.36. The number of likely N-dealkylation sites (tertiary alicyclic amines) is 1. The third-order valence-electron chi connectivity index (χ3n) is 2.63. The van der Waals surface area contributed by atoms with Crippen molar-refractivity contribution in [3.63, 3.8) is 0 Å². The predicted molar refractivity (Wildman–Crippen MR) is 60.1 cm³/mol. The van der Waals surface area contributed by atoms with Gasteiger partial charge < -0.3 is 10.0 Å². The van der Waals surface area contributed by atoms with Crippen molar-refractivity contribution in [3.05, 3.63) is 0 Å². The zero-order valence-corrected chi connectivity index (χ0v) is 9.76. The molecule has 0 aromatic carbocycles. The minimum atomic E-state index is -0.826. The van der Waals surface area contributed by atoms with Gasteiger partial charge in [-0.15, -0.1) is 0 Å². The Bertz CT molecular complexity index is 245. The second kappa shape index (κ2) is 6.00. The number of nitrogens with zero attached hydrogens (tertiary/aromatic N) is 1. The van der Waals surface area contributed by atoms with Gasteiger partial charge in [0.15, 0.2) is 5.12 Å². The predicted octanol–water partition coefficient (Wildman–Crippen LogP) is 2.19. The first kappa shape index (κ1) is 12.4. The number of rotatable bonds is 3. The number of hydrogen-bond acceptors (Lipinski definition) is 3. The molecule has 1 aliphatic heterocycles. The summed E-state index contributed by atoms with van der Waals surface area (Å²) in [5.41, 5.74) is 0. The lowest BCUT2D eigenvalue weighted by molar-refractivity contribution is -0.109. The number of carbonyl (C=O) groups excluding carboxylic acids is 1. The molecule has 1 heterocycles. The second-order valence-electron chi connectivity index (χ2n) is 3.75. The lowest BCUT2D eigenvalue weighted by Crippen LogP contribution is -2.43. The number of carboxylic acid groups (broad SMARTS) is 1. The highest BCUT2D eigenvalue weighted by atomic mass is 32.2. The molecule has 15 heavy (non-hydrogen) atoms. The molecule has 1 fully saturated rings. The van der Waals surface area contributed by atoms with Gasteiger partial charge >= 0.3 is 6.09 Å². The van der Waals surface area contributed by atoms with Crippen molar-refractivity contribution in [3.8, 4) is 0 Å². The number of piperidine rings is 1. The first-order valence-electron chi connectivity index (χ1n) is 5.24. The van der Waals surface area contributed by atoms with E-state index in [4.69, 9.17) is 5.11 Å². The third kappa shape index (κ3) is 4.11. The summed E-state index contributed by atoms with van der Waals surface area (Å²) in [4.78, 5) is 23.2. The standard InChI is InChI=1S/C10H17NO3S/c1-8(12)15-7-5-9-4-2-3-6-11(9)10(13)14/h9H,2-7H2,1H3,(H,13,14). The minimum Gasteiger partial charge on any atom is -0.465 e. The van der Waals surface area contributed by atoms with Crippen molar-refractivity contribution < 1.29 is 14.7 Å². The molecule has 0 aromatic rings. The maximum absolute atomic E-state index is 10.9. The van der Waals surface area contributed by atoms with Crippen LogP contribution < -0.4 is 0 Å². The molecule has 0 saturated carbocycles. The monoisotopic (exact) mass is 231 g/mol. The molecule has 0 radical (unpaired) electrons. The highest BCUT2D eigenvalue weighted by molar-refractivity contribution is 8.13. The average molecular weight is 231 g/mol. The van der Waals surface area contributed by atoms with Crippen molar-refractivity contribution in [2.75, 3.05) is 12.3 Å². The Morgan fingerprint density at radius 1 is 1.47 bits per heavy atom. The van der Waals surface area contributed by atoms with Gasteiger partial charge in [-0.1, -0.05) is 11.8 Å². The van der Waals surface area contributed by atoms with Crippen LogP contribution in [-0.2, 0) is 4.79 Å². The van der Waals surface area contributed by atoms with E-state index in [1.165, 1.54) is 16.7 Å². The van der Waals surface area contributed by atoms with E-state index >= 15 is 0 Å². The normalized spacial score (nSPS) is 21.4. The van der Waals surface area contributed by atoms with Gasteiger partial charge in [-0.3, -0.25) is 4.79 Å². The highest BCUT2D eigenvalue weighted by Crippen LogP contribution is 2.21. The van der Waals surface area contributed by atoms with E-state index in [-0.39, 0.29) is 11.2 Å². The van der Waals surface area contributed by atoms with Gasteiger partial charge in [-0.05, 0) is 25.7 Å². The summed E-state index contributed by atoms with van der Waals surface area (Å²) in [6.07, 6.45) is 2.95. The van der Waals surface area contributed by atoms with E-state index in [2.05, 4.69) is 0 Å². The highest BCUT2D eigenvalue weighted by Gasteiger charge is 2.25. The van der Waals surface area contributed by atoms with Crippen molar-refractivity contribution in [1.82, 2.24) is 4.90 Å². The fourth-order valence-corrected chi connectivity index (χ4v) is 2.57. The molecule has 1 aliphatic rings. The molecule has 1 N–H and O–H groups in total. The van der Waals surface area contributed by atoms with Crippen LogP contribution in [-0.4, -0.2) is 39.6 Å². The maximum atomic E-state index is 10.9. The molecule has 0 aliphatic carbocycles. The Labute approximate surface area is 94.0 Å². The van der Waals surface area contributed by atoms with E-state index in [9.17, 15) is 9.59 Å². The molecular weight excluding hydrogens is 214 g/mol. The fourth-order valence-electron chi connectivity index (χ4n) is 1.89. The van der Waals surface area contributed by atoms with Gasteiger partial charge in [0.05, 0.1) is 0 Å². The number of hydrogen-bond donors (Lipinski definition) is 1. The summed E-state index contributed by atoms with van der Waals surface area (Å²) >= 11 is 1.28. The van der Waals surface area contributed by atoms with Crippen LogP contribution in [0.25, 0.3) is 0 Å². The molecule has 1 atom stereocenters. The van der Waals surface area contributed by atoms with Gasteiger partial charge in [0.1, 0.15) is 0 Å². The van der Waals surface area contributed by atoms with E-state index in [0.29, 0.717) is 6.54 Å². The largest absolute Gasteiger partial charge is 0.465 e. The number of carbonyl (C=O) groups is 2. The molecular formula is C10H17NO3S. The molecule has 0 bridgehead atoms. The quantitative estimate of drug-likeness (QED) is 0.809. The summed E-state index contributed by atoms with van der Waals surface area (Å²) in [5.74, 6) is 0.726. The Hall–Kier alpha value is -0.710. The Kier molecular flexibility index (Phi) is 4.94. The van der Waals surface area contributed by atoms with E-state index < -0.39 is 6.09 Å². The van der Waals surface area contributed by atoms with Crippen LogP contribution in [0, 0.1) is 0 Å². The van der Waals surface area contributed by atoms with Crippen molar-refractivity contribution in [1.29, 1.82) is 0 Å². The zero-order chi connectivity index (χ0) is 11.3. The fraction of sp³-hybridized carbons (Fsp3) is 0.800. The van der Waals surface area contributed by atoms with Crippen LogP contribution in [0.15, 0.2) is 0 Å². The van der Waals surface area contributed by atoms with E-state index in [1.807, 2.05) is 0 Å². The molecule has 1 unspecified atom stereocenters. The van der Waals surface area contributed by atoms with Crippen LogP contribution in [0.3, 0.4) is 0 Å². The second-order valence-corrected chi connectivity index (χ2v) is 5.03. The third-order valence-corrected chi connectivity index (χ3v) is 3.48. The van der Waals surface area contributed by atoms with Gasteiger partial charge in [-0.2, -0.15) is 0 Å². The molecule has 1 amide bonds. The van der Waals surface area contributed by atoms with Crippen LogP contribution in [0.5, 0.6) is 0 Å². The summed E-state index contributed by atoms with van der Waals surface area (Å²) in [5, 5.41) is 9.07. The lowest BCUT2D eigenvalue weighted by atomic mass is 10.0. The van der Waals surface area contributed by atoms with Crippen molar-refractivity contribution in [2.24, 2.45) is 0 Å². The van der Waals surface area contributed by atoms with E-state index in [1.54, 1.807) is 6.92 Å². The van der Waals surface area contributed by atoms with Crippen molar-refractivity contribution in [2.45, 2.75) is 38.6 Å². The Morgan fingerprint density at radius 2 is 2.20 bits per heavy atom. The summed E-state index contributed by atoms with van der Waals surface area (Å²) < 4.78 is 0. The van der Waals surface area contributed by atoms with Gasteiger partial charge in [0.2, 0.25) is 0 Å². The average Bonchev–Trinajstić information content (AvgIpc) is 2.17. The smallest absolute Gasteiger partial charge is 0.407 e. The number of thioether (sulfide) groups is 1. The van der Waals surface area contributed by atoms with Crippen molar-refractivity contribution >= 4 is 23.0 Å². The molecule has 0 aromatic heterocycles. The van der Waals surface area contributed by atoms with Gasteiger partial charge in [-0.25, -0.2) is 4.79 Å². The zero-order valence-electron chi connectivity index (χ0n) is 8.94. The summed E-state index contributed by atoms with van der Waals surface area (Å²) in [7, 11) is 0. The first-order valence-corrected chi connectivity index (χ1v) is 6.22. The molecule has 1 rings (SSSR count). The Morgan fingerprint density at radius 3 is 2.80 bits per heavy atom. The lowest BCUT2D eigenvalue weighted by Gasteiger charge is -2.33. The maximum Gasteiger partial charge on any atom is 0.407 e. The minimum absolute atomic E-state index is 0.104. The topological polar surface area (TPSA) is 57.6 Å². The van der Waals surface area contributed by atoms with Crippen LogP contribution >= 0.6 is 11.8 Å².